The van der Waals surface area contributed by atoms with Crippen molar-refractivity contribution in [2.75, 3.05) is 26.2 Å². The molecule has 0 aromatic heterocycles. The Kier molecular flexibility index (Phi) is 6.48. The molecule has 3 rings (SSSR count). The Balaban J connectivity index is 1.53. The van der Waals surface area contributed by atoms with Crippen molar-refractivity contribution in [3.8, 4) is 5.75 Å². The minimum atomic E-state index is -0.0944. The summed E-state index contributed by atoms with van der Waals surface area (Å²) in [7, 11) is 0. The maximum atomic E-state index is 12.2. The van der Waals surface area contributed by atoms with Gasteiger partial charge in [-0.25, -0.2) is 0 Å². The van der Waals surface area contributed by atoms with Crippen molar-refractivity contribution in [3.05, 3.63) is 64.6 Å². The monoisotopic (exact) mass is 402 g/mol. The van der Waals surface area contributed by atoms with Gasteiger partial charge in [0.15, 0.2) is 6.61 Å². The van der Waals surface area contributed by atoms with Crippen molar-refractivity contribution in [1.29, 1.82) is 0 Å². The van der Waals surface area contributed by atoms with E-state index >= 15 is 0 Å². The Morgan fingerprint density at radius 1 is 1.08 bits per heavy atom. The predicted molar refractivity (Wildman–Crippen MR) is 103 cm³/mol. The second kappa shape index (κ2) is 9.02. The third-order valence-corrected chi connectivity index (χ3v) is 4.97. The van der Waals surface area contributed by atoms with Gasteiger partial charge in [0.2, 0.25) is 0 Å². The molecular weight excluding hydrogens is 380 g/mol. The molecule has 2 aromatic carbocycles. The van der Waals surface area contributed by atoms with E-state index in [1.807, 2.05) is 30.3 Å². The van der Waals surface area contributed by atoms with E-state index in [1.165, 1.54) is 18.4 Å². The summed E-state index contributed by atoms with van der Waals surface area (Å²) >= 11 is 3.38. The van der Waals surface area contributed by atoms with Crippen LogP contribution in [0, 0.1) is 0 Å². The van der Waals surface area contributed by atoms with Crippen LogP contribution in [0.15, 0.2) is 59.1 Å². The quantitative estimate of drug-likeness (QED) is 0.765. The highest BCUT2D eigenvalue weighted by molar-refractivity contribution is 9.10. The Morgan fingerprint density at radius 3 is 2.44 bits per heavy atom. The fourth-order valence-electron chi connectivity index (χ4n) is 3.13. The second-order valence-electron chi connectivity index (χ2n) is 6.22. The Hall–Kier alpha value is -1.85. The lowest BCUT2D eigenvalue weighted by atomic mass is 10.1. The number of nitrogens with zero attached hydrogens (tertiary/aromatic N) is 1. The Bertz CT molecular complexity index is 670. The smallest absolute Gasteiger partial charge is 0.258 e. The van der Waals surface area contributed by atoms with Crippen LogP contribution >= 0.6 is 15.9 Å². The van der Waals surface area contributed by atoms with Gasteiger partial charge in [-0.3, -0.25) is 9.69 Å². The number of likely N-dealkylation sites (tertiary alicyclic amines) is 1. The van der Waals surface area contributed by atoms with Gasteiger partial charge in [-0.05, 0) is 55.8 Å². The van der Waals surface area contributed by atoms with Crippen molar-refractivity contribution < 1.29 is 9.53 Å². The largest absolute Gasteiger partial charge is 0.484 e. The molecule has 0 aliphatic carbocycles. The zero-order valence-corrected chi connectivity index (χ0v) is 15.7. The zero-order chi connectivity index (χ0) is 17.5. The summed E-state index contributed by atoms with van der Waals surface area (Å²) < 4.78 is 6.53. The molecule has 1 saturated heterocycles. The normalized spacial score (nSPS) is 15.7. The predicted octanol–water partition coefficient (Wildman–Crippen LogP) is 3.78. The number of ether oxygens (including phenoxy) is 1. The first kappa shape index (κ1) is 18.0. The van der Waals surface area contributed by atoms with E-state index in [1.54, 1.807) is 0 Å². The number of carbonyl (C=O) groups excluding carboxylic acids is 1. The van der Waals surface area contributed by atoms with Crippen molar-refractivity contribution in [2.24, 2.45) is 0 Å². The van der Waals surface area contributed by atoms with Gasteiger partial charge in [0.1, 0.15) is 5.75 Å². The first-order valence-corrected chi connectivity index (χ1v) is 9.46. The number of rotatable bonds is 7. The third-order valence-electron chi connectivity index (χ3n) is 4.44. The molecule has 5 heteroatoms. The van der Waals surface area contributed by atoms with Gasteiger partial charge in [0.25, 0.3) is 5.91 Å². The molecule has 0 unspecified atom stereocenters. The molecule has 1 N–H and O–H groups in total. The van der Waals surface area contributed by atoms with Gasteiger partial charge in [-0.15, -0.1) is 0 Å². The number of hydrogen-bond donors (Lipinski definition) is 1. The van der Waals surface area contributed by atoms with Crippen LogP contribution < -0.4 is 10.1 Å². The summed E-state index contributed by atoms with van der Waals surface area (Å²) in [5.74, 6) is 0.598. The molecule has 1 aliphatic heterocycles. The number of amides is 1. The van der Waals surface area contributed by atoms with Crippen LogP contribution in [0.1, 0.15) is 24.4 Å². The topological polar surface area (TPSA) is 41.6 Å². The van der Waals surface area contributed by atoms with E-state index in [0.29, 0.717) is 12.3 Å². The van der Waals surface area contributed by atoms with Crippen molar-refractivity contribution >= 4 is 21.8 Å². The van der Waals surface area contributed by atoms with Gasteiger partial charge in [-0.1, -0.05) is 46.3 Å². The lowest BCUT2D eigenvalue weighted by molar-refractivity contribution is -0.123. The van der Waals surface area contributed by atoms with Crippen LogP contribution in [0.5, 0.6) is 5.75 Å². The number of carbonyl (C=O) groups is 1. The Morgan fingerprint density at radius 2 is 1.76 bits per heavy atom. The van der Waals surface area contributed by atoms with E-state index in [9.17, 15) is 4.79 Å². The van der Waals surface area contributed by atoms with Crippen LogP contribution in [0.4, 0.5) is 0 Å². The average Bonchev–Trinajstić information content (AvgIpc) is 3.17. The summed E-state index contributed by atoms with van der Waals surface area (Å²) in [6.45, 7) is 2.81. The lowest BCUT2D eigenvalue weighted by Gasteiger charge is -2.28. The van der Waals surface area contributed by atoms with Gasteiger partial charge in [0, 0.05) is 11.0 Å². The molecule has 0 spiro atoms. The number of benzene rings is 2. The molecule has 1 amide bonds. The summed E-state index contributed by atoms with van der Waals surface area (Å²) in [6.07, 6.45) is 2.45. The molecule has 1 heterocycles. The second-order valence-corrected chi connectivity index (χ2v) is 7.13. The van der Waals surface area contributed by atoms with E-state index in [4.69, 9.17) is 4.74 Å². The summed E-state index contributed by atoms with van der Waals surface area (Å²) in [6, 6.07) is 18.1. The maximum Gasteiger partial charge on any atom is 0.258 e. The minimum Gasteiger partial charge on any atom is -0.484 e. The average molecular weight is 403 g/mol. The van der Waals surface area contributed by atoms with Crippen molar-refractivity contribution in [2.45, 2.75) is 18.9 Å². The molecule has 132 valence electrons. The van der Waals surface area contributed by atoms with E-state index in [2.05, 4.69) is 50.4 Å². The first-order valence-electron chi connectivity index (χ1n) is 8.66. The lowest BCUT2D eigenvalue weighted by Crippen LogP contribution is -2.38. The highest BCUT2D eigenvalue weighted by atomic mass is 79.9. The molecule has 0 bridgehead atoms. The third kappa shape index (κ3) is 5.31. The van der Waals surface area contributed by atoms with Crippen LogP contribution in [0.3, 0.4) is 0 Å². The first-order chi connectivity index (χ1) is 12.2. The summed E-state index contributed by atoms with van der Waals surface area (Å²) in [4.78, 5) is 14.6. The van der Waals surface area contributed by atoms with Crippen molar-refractivity contribution in [1.82, 2.24) is 10.2 Å². The van der Waals surface area contributed by atoms with Crippen LogP contribution in [-0.2, 0) is 4.79 Å². The number of nitrogens with one attached hydrogen (secondary N) is 1. The summed E-state index contributed by atoms with van der Waals surface area (Å²) in [5, 5.41) is 3.02. The molecule has 4 nitrogen and oxygen atoms in total. The van der Waals surface area contributed by atoms with Crippen molar-refractivity contribution in [3.63, 3.8) is 0 Å². The highest BCUT2D eigenvalue weighted by Crippen LogP contribution is 2.24. The zero-order valence-electron chi connectivity index (χ0n) is 14.2. The number of halogens is 1. The van der Waals surface area contributed by atoms with Crippen LogP contribution in [0.25, 0.3) is 0 Å². The molecule has 0 radical (unpaired) electrons. The fraction of sp³-hybridized carbons (Fsp3) is 0.350. The highest BCUT2D eigenvalue weighted by Gasteiger charge is 2.23. The van der Waals surface area contributed by atoms with Gasteiger partial charge in [0.05, 0.1) is 6.04 Å². The molecule has 0 saturated carbocycles. The summed E-state index contributed by atoms with van der Waals surface area (Å²) in [5.41, 5.74) is 1.25. The van der Waals surface area contributed by atoms with Crippen LogP contribution in [0.2, 0.25) is 0 Å². The van der Waals surface area contributed by atoms with E-state index in [0.717, 1.165) is 17.6 Å². The maximum absolute atomic E-state index is 12.2. The minimum absolute atomic E-state index is 0.0309. The van der Waals surface area contributed by atoms with E-state index < -0.39 is 0 Å². The number of hydrogen-bond acceptors (Lipinski definition) is 3. The van der Waals surface area contributed by atoms with Crippen LogP contribution in [-0.4, -0.2) is 37.0 Å². The molecule has 1 aliphatic rings. The molecule has 2 aromatic rings. The molecule has 1 atom stereocenters. The van der Waals surface area contributed by atoms with Gasteiger partial charge >= 0.3 is 0 Å². The standard InChI is InChI=1S/C20H23BrN2O2/c21-17-8-10-18(11-9-17)25-15-20(24)22-14-19(23-12-4-5-13-23)16-6-2-1-3-7-16/h1-3,6-11,19H,4-5,12-15H2,(H,22,24)/t19-/m1/s1. The van der Waals surface area contributed by atoms with Gasteiger partial charge in [-0.2, -0.15) is 0 Å². The SMILES string of the molecule is O=C(COc1ccc(Br)cc1)NC[C@H](c1ccccc1)N1CCCC1. The van der Waals surface area contributed by atoms with E-state index in [-0.39, 0.29) is 18.6 Å². The molecule has 25 heavy (non-hydrogen) atoms. The fourth-order valence-corrected chi connectivity index (χ4v) is 3.39. The molecular formula is C20H23BrN2O2. The van der Waals surface area contributed by atoms with Gasteiger partial charge < -0.3 is 10.1 Å². The molecule has 1 fully saturated rings. The Labute approximate surface area is 157 Å².